The van der Waals surface area contributed by atoms with Gasteiger partial charge in [0.1, 0.15) is 12.2 Å². The van der Waals surface area contributed by atoms with Crippen molar-refractivity contribution in [3.8, 4) is 0 Å². The molecular formula is C11H13N5O2. The quantitative estimate of drug-likeness (QED) is 0.812. The van der Waals surface area contributed by atoms with Gasteiger partial charge in [-0.25, -0.2) is 4.98 Å². The third-order valence-electron chi connectivity index (χ3n) is 2.55. The fraction of sp³-hybridized carbons (Fsp3) is 0.273. The number of nitrogens with zero attached hydrogens (tertiary/aromatic N) is 4. The topological polar surface area (TPSA) is 83.9 Å². The van der Waals surface area contributed by atoms with Gasteiger partial charge < -0.3 is 9.47 Å². The number of aromatic amines is 1. The lowest BCUT2D eigenvalue weighted by Crippen LogP contribution is -2.28. The van der Waals surface area contributed by atoms with Gasteiger partial charge in [-0.15, -0.1) is 0 Å². The lowest BCUT2D eigenvalue weighted by molar-refractivity contribution is 0.0781. The van der Waals surface area contributed by atoms with Crippen LogP contribution in [0.2, 0.25) is 0 Å². The maximum absolute atomic E-state index is 12.1. The summed E-state index contributed by atoms with van der Waals surface area (Å²) in [6.07, 6.45) is 2.95. The Hall–Kier alpha value is -2.44. The van der Waals surface area contributed by atoms with Crippen LogP contribution in [0, 0.1) is 0 Å². The molecule has 2 heterocycles. The fourth-order valence-corrected chi connectivity index (χ4v) is 1.51. The number of hydrogen-bond acceptors (Lipinski definition) is 4. The van der Waals surface area contributed by atoms with Gasteiger partial charge in [0.25, 0.3) is 11.5 Å². The average Bonchev–Trinajstić information content (AvgIpc) is 2.84. The van der Waals surface area contributed by atoms with E-state index in [1.54, 1.807) is 26.4 Å². The van der Waals surface area contributed by atoms with Crippen LogP contribution in [0.15, 0.2) is 29.5 Å². The molecule has 94 valence electrons. The number of rotatable bonds is 3. The van der Waals surface area contributed by atoms with E-state index in [0.29, 0.717) is 17.9 Å². The first kappa shape index (κ1) is 12.0. The Morgan fingerprint density at radius 3 is 2.94 bits per heavy atom. The van der Waals surface area contributed by atoms with E-state index in [-0.39, 0.29) is 11.5 Å². The third kappa shape index (κ3) is 2.45. The fourth-order valence-electron chi connectivity index (χ4n) is 1.51. The molecule has 2 aromatic heterocycles. The molecule has 0 fully saturated rings. The molecule has 0 aliphatic carbocycles. The minimum absolute atomic E-state index is 0.214. The SMILES string of the molecule is CN(Cc1ncn[nH]1)C(=O)c1ccn(C)c(=O)c1. The molecule has 0 aliphatic rings. The molecule has 1 N–H and O–H groups in total. The van der Waals surface area contributed by atoms with E-state index in [0.717, 1.165) is 0 Å². The molecule has 1 amide bonds. The van der Waals surface area contributed by atoms with Crippen LogP contribution in [0.4, 0.5) is 0 Å². The summed E-state index contributed by atoms with van der Waals surface area (Å²) in [5.41, 5.74) is 0.147. The Morgan fingerprint density at radius 1 is 1.56 bits per heavy atom. The van der Waals surface area contributed by atoms with Crippen LogP contribution < -0.4 is 5.56 Å². The number of H-pyrrole nitrogens is 1. The van der Waals surface area contributed by atoms with Crippen molar-refractivity contribution in [2.45, 2.75) is 6.54 Å². The predicted molar refractivity (Wildman–Crippen MR) is 63.9 cm³/mol. The van der Waals surface area contributed by atoms with Crippen LogP contribution in [0.5, 0.6) is 0 Å². The second kappa shape index (κ2) is 4.82. The Bertz CT molecular complexity index is 602. The van der Waals surface area contributed by atoms with Crippen molar-refractivity contribution in [2.24, 2.45) is 7.05 Å². The molecule has 0 aliphatic heterocycles. The van der Waals surface area contributed by atoms with E-state index in [1.165, 1.54) is 21.9 Å². The molecule has 2 aromatic rings. The minimum Gasteiger partial charge on any atom is -0.334 e. The number of amides is 1. The highest BCUT2D eigenvalue weighted by Gasteiger charge is 2.13. The van der Waals surface area contributed by atoms with Crippen LogP contribution in [-0.4, -0.2) is 37.6 Å². The highest BCUT2D eigenvalue weighted by molar-refractivity contribution is 5.93. The van der Waals surface area contributed by atoms with E-state index >= 15 is 0 Å². The van der Waals surface area contributed by atoms with Crippen molar-refractivity contribution in [2.75, 3.05) is 7.05 Å². The molecule has 0 unspecified atom stereocenters. The smallest absolute Gasteiger partial charge is 0.254 e. The highest BCUT2D eigenvalue weighted by Crippen LogP contribution is 2.03. The van der Waals surface area contributed by atoms with Gasteiger partial charge in [-0.05, 0) is 6.07 Å². The van der Waals surface area contributed by atoms with Gasteiger partial charge in [0.15, 0.2) is 0 Å². The molecular weight excluding hydrogens is 234 g/mol. The van der Waals surface area contributed by atoms with E-state index < -0.39 is 0 Å². The number of aromatic nitrogens is 4. The van der Waals surface area contributed by atoms with Gasteiger partial charge in [0.2, 0.25) is 0 Å². The van der Waals surface area contributed by atoms with Crippen LogP contribution in [0.3, 0.4) is 0 Å². The number of pyridine rings is 1. The van der Waals surface area contributed by atoms with E-state index in [4.69, 9.17) is 0 Å². The lowest BCUT2D eigenvalue weighted by Gasteiger charge is -2.15. The Labute approximate surface area is 103 Å². The summed E-state index contributed by atoms with van der Waals surface area (Å²) in [4.78, 5) is 28.9. The first-order valence-electron chi connectivity index (χ1n) is 5.34. The van der Waals surface area contributed by atoms with Crippen LogP contribution in [0.25, 0.3) is 0 Å². The van der Waals surface area contributed by atoms with Crippen LogP contribution in [-0.2, 0) is 13.6 Å². The highest BCUT2D eigenvalue weighted by atomic mass is 16.2. The van der Waals surface area contributed by atoms with Crippen molar-refractivity contribution >= 4 is 5.91 Å². The average molecular weight is 247 g/mol. The zero-order valence-corrected chi connectivity index (χ0v) is 10.1. The molecule has 0 radical (unpaired) electrons. The maximum Gasteiger partial charge on any atom is 0.254 e. The summed E-state index contributed by atoms with van der Waals surface area (Å²) in [7, 11) is 3.27. The molecule has 18 heavy (non-hydrogen) atoms. The van der Waals surface area contributed by atoms with Gasteiger partial charge >= 0.3 is 0 Å². The first-order chi connectivity index (χ1) is 8.58. The van der Waals surface area contributed by atoms with Gasteiger partial charge in [0, 0.05) is 31.9 Å². The minimum atomic E-state index is -0.232. The summed E-state index contributed by atoms with van der Waals surface area (Å²) in [6, 6.07) is 2.93. The van der Waals surface area contributed by atoms with Gasteiger partial charge in [-0.3, -0.25) is 14.7 Å². The van der Waals surface area contributed by atoms with Gasteiger partial charge in [-0.1, -0.05) is 0 Å². The van der Waals surface area contributed by atoms with Crippen LogP contribution in [0.1, 0.15) is 16.2 Å². The monoisotopic (exact) mass is 247 g/mol. The molecule has 0 bridgehead atoms. The van der Waals surface area contributed by atoms with E-state index in [2.05, 4.69) is 15.2 Å². The standard InChI is InChI=1S/C11H13N5O2/c1-15-4-3-8(5-10(15)17)11(18)16(2)6-9-12-7-13-14-9/h3-5,7H,6H2,1-2H3,(H,12,13,14). The summed E-state index contributed by atoms with van der Waals surface area (Å²) in [6.45, 7) is 0.314. The van der Waals surface area contributed by atoms with Gasteiger partial charge in [0.05, 0.1) is 6.54 Å². The molecule has 2 rings (SSSR count). The Kier molecular flexibility index (Phi) is 3.22. The summed E-state index contributed by atoms with van der Waals surface area (Å²) in [5.74, 6) is 0.360. The molecule has 0 saturated heterocycles. The Morgan fingerprint density at radius 2 is 2.33 bits per heavy atom. The molecule has 0 saturated carbocycles. The number of hydrogen-bond donors (Lipinski definition) is 1. The van der Waals surface area contributed by atoms with Crippen molar-refractivity contribution in [3.63, 3.8) is 0 Å². The lowest BCUT2D eigenvalue weighted by atomic mass is 10.2. The number of aryl methyl sites for hydroxylation is 1. The molecule has 0 atom stereocenters. The van der Waals surface area contributed by atoms with Crippen molar-refractivity contribution in [1.82, 2.24) is 24.6 Å². The van der Waals surface area contributed by atoms with Crippen molar-refractivity contribution in [3.05, 3.63) is 46.4 Å². The van der Waals surface area contributed by atoms with E-state index in [9.17, 15) is 9.59 Å². The molecule has 0 aromatic carbocycles. The largest absolute Gasteiger partial charge is 0.334 e. The Balaban J connectivity index is 2.15. The summed E-state index contributed by atoms with van der Waals surface area (Å²) >= 11 is 0. The zero-order valence-electron chi connectivity index (χ0n) is 10.1. The van der Waals surface area contributed by atoms with Crippen molar-refractivity contribution < 1.29 is 4.79 Å². The van der Waals surface area contributed by atoms with Crippen molar-refractivity contribution in [1.29, 1.82) is 0 Å². The number of carbonyl (C=O) groups excluding carboxylic acids is 1. The normalized spacial score (nSPS) is 10.3. The number of nitrogens with one attached hydrogen (secondary N) is 1. The zero-order chi connectivity index (χ0) is 13.1. The first-order valence-corrected chi connectivity index (χ1v) is 5.34. The van der Waals surface area contributed by atoms with Crippen LogP contribution >= 0.6 is 0 Å². The predicted octanol–water partition coefficient (Wildman–Crippen LogP) is -0.224. The second-order valence-corrected chi connectivity index (χ2v) is 3.96. The summed E-state index contributed by atoms with van der Waals surface area (Å²) in [5, 5.41) is 6.38. The number of carbonyl (C=O) groups is 1. The maximum atomic E-state index is 12.1. The van der Waals surface area contributed by atoms with E-state index in [1.807, 2.05) is 0 Å². The summed E-state index contributed by atoms with van der Waals surface area (Å²) < 4.78 is 1.41. The van der Waals surface area contributed by atoms with Gasteiger partial charge in [-0.2, -0.15) is 5.10 Å². The molecule has 7 nitrogen and oxygen atoms in total. The second-order valence-electron chi connectivity index (χ2n) is 3.96. The molecule has 7 heteroatoms. The molecule has 0 spiro atoms. The third-order valence-corrected chi connectivity index (χ3v) is 2.55.